The van der Waals surface area contributed by atoms with Gasteiger partial charge in [-0.15, -0.1) is 0 Å². The normalized spacial score (nSPS) is 15.3. The fraction of sp³-hybridized carbons (Fsp3) is 0.952. The van der Waals surface area contributed by atoms with Crippen molar-refractivity contribution in [2.75, 3.05) is 52.7 Å². The van der Waals surface area contributed by atoms with E-state index in [-0.39, 0.29) is 12.6 Å². The Bertz CT molecular complexity index is 319. The van der Waals surface area contributed by atoms with Gasteiger partial charge in [-0.1, -0.05) is 71.1 Å². The molecule has 1 saturated heterocycles. The molecule has 5 heteroatoms. The van der Waals surface area contributed by atoms with Gasteiger partial charge in [0, 0.05) is 19.6 Å². The monoisotopic (exact) mass is 371 g/mol. The fourth-order valence-electron chi connectivity index (χ4n) is 3.17. The minimum atomic E-state index is -0.237. The number of nitrogens with zero attached hydrogens (tertiary/aromatic N) is 1. The van der Waals surface area contributed by atoms with Crippen LogP contribution in [-0.4, -0.2) is 63.5 Å². The summed E-state index contributed by atoms with van der Waals surface area (Å²) in [6.45, 7) is 7.78. The molecule has 0 atom stereocenters. The van der Waals surface area contributed by atoms with Gasteiger partial charge in [-0.25, -0.2) is 4.79 Å². The van der Waals surface area contributed by atoms with E-state index >= 15 is 0 Å². The highest BCUT2D eigenvalue weighted by Gasteiger charge is 2.10. The van der Waals surface area contributed by atoms with Crippen LogP contribution < -0.4 is 0 Å². The first-order chi connectivity index (χ1) is 12.8. The van der Waals surface area contributed by atoms with Crippen LogP contribution in [-0.2, 0) is 19.0 Å². The van der Waals surface area contributed by atoms with Crippen LogP contribution in [0.3, 0.4) is 0 Å². The van der Waals surface area contributed by atoms with Crippen molar-refractivity contribution in [1.29, 1.82) is 0 Å². The SMILES string of the molecule is CCCCCCCCCCCCCOC(=O)COCCN1CCOCC1. The minimum Gasteiger partial charge on any atom is -0.464 e. The molecule has 1 fully saturated rings. The Morgan fingerprint density at radius 3 is 2.04 bits per heavy atom. The minimum absolute atomic E-state index is 0.0718. The maximum absolute atomic E-state index is 11.6. The lowest BCUT2D eigenvalue weighted by Crippen LogP contribution is -2.38. The maximum atomic E-state index is 11.6. The molecule has 0 bridgehead atoms. The Hall–Kier alpha value is -0.650. The zero-order chi connectivity index (χ0) is 18.7. The number of unbranched alkanes of at least 4 members (excludes halogenated alkanes) is 10. The van der Waals surface area contributed by atoms with E-state index in [1.54, 1.807) is 0 Å². The molecule has 1 aliphatic rings. The highest BCUT2D eigenvalue weighted by atomic mass is 16.6. The third-order valence-electron chi connectivity index (χ3n) is 4.89. The summed E-state index contributed by atoms with van der Waals surface area (Å²) < 4.78 is 15.9. The third kappa shape index (κ3) is 14.5. The molecule has 0 aromatic heterocycles. The van der Waals surface area contributed by atoms with Crippen LogP contribution in [0.15, 0.2) is 0 Å². The number of morpholine rings is 1. The summed E-state index contributed by atoms with van der Waals surface area (Å²) in [6.07, 6.45) is 14.3. The quantitative estimate of drug-likeness (QED) is 0.283. The molecule has 0 radical (unpaired) electrons. The predicted molar refractivity (Wildman–Crippen MR) is 105 cm³/mol. The Kier molecular flexibility index (Phi) is 16.0. The lowest BCUT2D eigenvalue weighted by Gasteiger charge is -2.26. The van der Waals surface area contributed by atoms with E-state index in [1.165, 1.54) is 57.8 Å². The molecule has 0 amide bonds. The molecule has 0 saturated carbocycles. The third-order valence-corrected chi connectivity index (χ3v) is 4.89. The molecular weight excluding hydrogens is 330 g/mol. The van der Waals surface area contributed by atoms with Crippen molar-refractivity contribution in [3.8, 4) is 0 Å². The molecule has 5 nitrogen and oxygen atoms in total. The van der Waals surface area contributed by atoms with Gasteiger partial charge in [0.1, 0.15) is 6.61 Å². The second-order valence-corrected chi connectivity index (χ2v) is 7.26. The molecular formula is C21H41NO4. The Labute approximate surface area is 160 Å². The summed E-state index contributed by atoms with van der Waals surface area (Å²) >= 11 is 0. The molecule has 0 unspecified atom stereocenters. The molecule has 0 aromatic rings. The van der Waals surface area contributed by atoms with E-state index in [9.17, 15) is 4.79 Å². The summed E-state index contributed by atoms with van der Waals surface area (Å²) in [5.74, 6) is -0.237. The second-order valence-electron chi connectivity index (χ2n) is 7.26. The molecule has 1 rings (SSSR count). The predicted octanol–water partition coefficient (Wildman–Crippen LogP) is 4.19. The molecule has 0 spiro atoms. The van der Waals surface area contributed by atoms with E-state index in [0.29, 0.717) is 13.2 Å². The zero-order valence-corrected chi connectivity index (χ0v) is 17.0. The van der Waals surface area contributed by atoms with Crippen LogP contribution in [0.1, 0.15) is 77.6 Å². The average molecular weight is 372 g/mol. The summed E-state index contributed by atoms with van der Waals surface area (Å²) in [5, 5.41) is 0. The molecule has 26 heavy (non-hydrogen) atoms. The largest absolute Gasteiger partial charge is 0.464 e. The lowest BCUT2D eigenvalue weighted by atomic mass is 10.1. The Balaban J connectivity index is 1.75. The summed E-state index contributed by atoms with van der Waals surface area (Å²) in [4.78, 5) is 13.9. The van der Waals surface area contributed by atoms with Crippen molar-refractivity contribution >= 4 is 5.97 Å². The smallest absolute Gasteiger partial charge is 0.332 e. The van der Waals surface area contributed by atoms with Crippen molar-refractivity contribution in [1.82, 2.24) is 4.90 Å². The number of carbonyl (C=O) groups excluding carboxylic acids is 1. The van der Waals surface area contributed by atoms with E-state index in [2.05, 4.69) is 11.8 Å². The van der Waals surface area contributed by atoms with Crippen LogP contribution in [0.2, 0.25) is 0 Å². The van der Waals surface area contributed by atoms with Crippen LogP contribution in [0, 0.1) is 0 Å². The zero-order valence-electron chi connectivity index (χ0n) is 17.0. The lowest BCUT2D eigenvalue weighted by molar-refractivity contribution is -0.149. The van der Waals surface area contributed by atoms with Crippen molar-refractivity contribution in [2.45, 2.75) is 77.6 Å². The molecule has 1 aliphatic heterocycles. The highest BCUT2D eigenvalue weighted by molar-refractivity contribution is 5.70. The van der Waals surface area contributed by atoms with Crippen molar-refractivity contribution in [3.63, 3.8) is 0 Å². The average Bonchev–Trinajstić information content (AvgIpc) is 2.67. The van der Waals surface area contributed by atoms with Crippen LogP contribution in [0.25, 0.3) is 0 Å². The van der Waals surface area contributed by atoms with E-state index < -0.39 is 0 Å². The van der Waals surface area contributed by atoms with Gasteiger partial charge in [0.15, 0.2) is 0 Å². The summed E-state index contributed by atoms with van der Waals surface area (Å²) in [5.41, 5.74) is 0. The molecule has 1 heterocycles. The van der Waals surface area contributed by atoms with Crippen LogP contribution in [0.5, 0.6) is 0 Å². The number of rotatable bonds is 17. The second kappa shape index (κ2) is 17.7. The fourth-order valence-corrected chi connectivity index (χ4v) is 3.17. The molecule has 0 N–H and O–H groups in total. The van der Waals surface area contributed by atoms with Crippen LogP contribution in [0.4, 0.5) is 0 Å². The summed E-state index contributed by atoms with van der Waals surface area (Å²) in [6, 6.07) is 0. The molecule has 0 aliphatic carbocycles. The summed E-state index contributed by atoms with van der Waals surface area (Å²) in [7, 11) is 0. The first kappa shape index (κ1) is 23.4. The van der Waals surface area contributed by atoms with Gasteiger partial charge in [0.25, 0.3) is 0 Å². The topological polar surface area (TPSA) is 48.0 Å². The molecule has 0 aromatic carbocycles. The highest BCUT2D eigenvalue weighted by Crippen LogP contribution is 2.11. The van der Waals surface area contributed by atoms with E-state index in [4.69, 9.17) is 14.2 Å². The Morgan fingerprint density at radius 2 is 1.42 bits per heavy atom. The van der Waals surface area contributed by atoms with Gasteiger partial charge in [0.2, 0.25) is 0 Å². The number of esters is 1. The number of carbonyl (C=O) groups is 1. The van der Waals surface area contributed by atoms with E-state index in [0.717, 1.165) is 45.7 Å². The first-order valence-electron chi connectivity index (χ1n) is 10.9. The number of hydrogen-bond donors (Lipinski definition) is 0. The van der Waals surface area contributed by atoms with E-state index in [1.807, 2.05) is 0 Å². The van der Waals surface area contributed by atoms with Crippen molar-refractivity contribution in [3.05, 3.63) is 0 Å². The van der Waals surface area contributed by atoms with Gasteiger partial charge in [-0.2, -0.15) is 0 Å². The van der Waals surface area contributed by atoms with Gasteiger partial charge < -0.3 is 14.2 Å². The van der Waals surface area contributed by atoms with Gasteiger partial charge in [-0.05, 0) is 6.42 Å². The Morgan fingerprint density at radius 1 is 0.846 bits per heavy atom. The van der Waals surface area contributed by atoms with Crippen molar-refractivity contribution < 1.29 is 19.0 Å². The molecule has 154 valence electrons. The first-order valence-corrected chi connectivity index (χ1v) is 10.9. The standard InChI is InChI=1S/C21H41NO4/c1-2-3-4-5-6-7-8-9-10-11-12-16-26-21(23)20-25-19-15-22-13-17-24-18-14-22/h2-20H2,1H3. The number of ether oxygens (including phenoxy) is 3. The maximum Gasteiger partial charge on any atom is 0.332 e. The van der Waals surface area contributed by atoms with Gasteiger partial charge in [0.05, 0.1) is 26.4 Å². The van der Waals surface area contributed by atoms with Crippen molar-refractivity contribution in [2.24, 2.45) is 0 Å². The van der Waals surface area contributed by atoms with Gasteiger partial charge in [-0.3, -0.25) is 4.90 Å². The van der Waals surface area contributed by atoms with Crippen LogP contribution >= 0.6 is 0 Å². The van der Waals surface area contributed by atoms with Gasteiger partial charge >= 0.3 is 5.97 Å². The number of hydrogen-bond acceptors (Lipinski definition) is 5.